The Morgan fingerprint density at radius 3 is 2.20 bits per heavy atom. The summed E-state index contributed by atoms with van der Waals surface area (Å²) < 4.78 is 15.3. The van der Waals surface area contributed by atoms with Crippen molar-refractivity contribution in [1.29, 1.82) is 0 Å². The second-order valence-electron chi connectivity index (χ2n) is 11.5. The molecule has 218 valence electrons. The van der Waals surface area contributed by atoms with E-state index < -0.39 is 17.9 Å². The van der Waals surface area contributed by atoms with E-state index in [1.807, 2.05) is 36.1 Å². The average molecular weight is 553 g/mol. The number of nitrogens with zero attached hydrogens (tertiary/aromatic N) is 2. The summed E-state index contributed by atoms with van der Waals surface area (Å²) in [4.78, 5) is 42.4. The number of carbonyl (C=O) groups is 3. The van der Waals surface area contributed by atoms with E-state index in [4.69, 9.17) is 13.9 Å². The molecule has 0 radical (unpaired) electrons. The van der Waals surface area contributed by atoms with Crippen LogP contribution in [0.5, 0.6) is 0 Å². The molecule has 1 saturated heterocycles. The Morgan fingerprint density at radius 2 is 1.62 bits per heavy atom. The van der Waals surface area contributed by atoms with Gasteiger partial charge in [0, 0.05) is 24.8 Å². The van der Waals surface area contributed by atoms with Crippen LogP contribution in [-0.2, 0) is 19.1 Å². The van der Waals surface area contributed by atoms with Gasteiger partial charge in [-0.15, -0.1) is 0 Å². The molecule has 4 rings (SSSR count). The number of hydrogen-bond donors (Lipinski definition) is 0. The summed E-state index contributed by atoms with van der Waals surface area (Å²) in [6.45, 7) is 4.86. The number of piperidine rings is 1. The lowest BCUT2D eigenvalue weighted by molar-refractivity contribution is -0.159. The van der Waals surface area contributed by atoms with Gasteiger partial charge in [-0.2, -0.15) is 0 Å². The van der Waals surface area contributed by atoms with Gasteiger partial charge in [0.1, 0.15) is 0 Å². The van der Waals surface area contributed by atoms with Crippen LogP contribution in [0.2, 0.25) is 0 Å². The first-order valence-corrected chi connectivity index (χ1v) is 14.7. The minimum Gasteiger partial charge on any atom is -0.468 e. The number of carbonyl (C=O) groups excluding carboxylic acids is 3. The molecule has 0 spiro atoms. The summed E-state index contributed by atoms with van der Waals surface area (Å²) in [5.74, 6) is -1.62. The molecule has 1 aromatic carbocycles. The van der Waals surface area contributed by atoms with Crippen molar-refractivity contribution in [1.82, 2.24) is 4.90 Å². The first kappa shape index (κ1) is 29.8. The van der Waals surface area contributed by atoms with Gasteiger partial charge in [-0.3, -0.25) is 14.4 Å². The van der Waals surface area contributed by atoms with Crippen molar-refractivity contribution in [2.75, 3.05) is 38.8 Å². The number of methoxy groups -OCH3 is 2. The third kappa shape index (κ3) is 7.33. The molecule has 2 aromatic rings. The molecule has 0 unspecified atom stereocenters. The summed E-state index contributed by atoms with van der Waals surface area (Å²) in [6.07, 6.45) is 11.5. The quantitative estimate of drug-likeness (QED) is 0.258. The lowest BCUT2D eigenvalue weighted by Gasteiger charge is -2.42. The fourth-order valence-corrected chi connectivity index (χ4v) is 6.51. The number of rotatable bonds is 11. The highest BCUT2D eigenvalue weighted by Crippen LogP contribution is 2.44. The maximum Gasteiger partial charge on any atom is 0.320 e. The zero-order valence-corrected chi connectivity index (χ0v) is 24.2. The van der Waals surface area contributed by atoms with E-state index in [1.165, 1.54) is 33.5 Å². The monoisotopic (exact) mass is 552 g/mol. The molecule has 0 atom stereocenters. The van der Waals surface area contributed by atoms with Crippen LogP contribution in [0.4, 0.5) is 5.69 Å². The molecule has 40 heavy (non-hydrogen) atoms. The van der Waals surface area contributed by atoms with Crippen LogP contribution in [0, 0.1) is 18.3 Å². The molecular formula is C32H44N2O6. The normalized spacial score (nSPS) is 17.9. The Labute approximate surface area is 238 Å². The zero-order valence-electron chi connectivity index (χ0n) is 24.2. The Kier molecular flexibility index (Phi) is 10.4. The maximum atomic E-state index is 13.5. The summed E-state index contributed by atoms with van der Waals surface area (Å²) in [5, 5.41) is 0. The van der Waals surface area contributed by atoms with Crippen molar-refractivity contribution in [2.24, 2.45) is 11.3 Å². The highest BCUT2D eigenvalue weighted by Gasteiger charge is 2.37. The Balaban J connectivity index is 1.38. The summed E-state index contributed by atoms with van der Waals surface area (Å²) in [6, 6.07) is 11.7. The molecule has 8 nitrogen and oxygen atoms in total. The number of amides is 1. The molecule has 8 heteroatoms. The summed E-state index contributed by atoms with van der Waals surface area (Å²) >= 11 is 0. The van der Waals surface area contributed by atoms with Gasteiger partial charge >= 0.3 is 11.9 Å². The molecule has 1 aliphatic carbocycles. The number of ether oxygens (including phenoxy) is 2. The molecule has 0 bridgehead atoms. The SMILES string of the molecule is COC(=O)C(CCC1(CCN2CCC(N(C(=O)c3ccco3)c3ccc(C)cc3)CC2)CCCCC1)C(=O)OC. The van der Waals surface area contributed by atoms with E-state index >= 15 is 0 Å². The number of benzene rings is 1. The van der Waals surface area contributed by atoms with Crippen LogP contribution in [0.1, 0.15) is 80.3 Å². The van der Waals surface area contributed by atoms with Crippen LogP contribution in [-0.4, -0.2) is 62.6 Å². The summed E-state index contributed by atoms with van der Waals surface area (Å²) in [7, 11) is 2.64. The van der Waals surface area contributed by atoms with E-state index in [-0.39, 0.29) is 17.4 Å². The van der Waals surface area contributed by atoms with Gasteiger partial charge in [-0.1, -0.05) is 37.0 Å². The van der Waals surface area contributed by atoms with E-state index in [0.717, 1.165) is 69.4 Å². The first-order valence-electron chi connectivity index (χ1n) is 14.7. The number of aryl methyl sites for hydroxylation is 1. The van der Waals surface area contributed by atoms with Gasteiger partial charge in [-0.25, -0.2) is 0 Å². The van der Waals surface area contributed by atoms with E-state index in [0.29, 0.717) is 12.2 Å². The van der Waals surface area contributed by atoms with E-state index in [1.54, 1.807) is 18.4 Å². The molecule has 1 saturated carbocycles. The minimum atomic E-state index is -0.857. The molecule has 1 amide bonds. The Morgan fingerprint density at radius 1 is 0.975 bits per heavy atom. The molecule has 2 heterocycles. The predicted molar refractivity (Wildman–Crippen MR) is 153 cm³/mol. The number of hydrogen-bond acceptors (Lipinski definition) is 7. The number of anilines is 1. The van der Waals surface area contributed by atoms with Crippen LogP contribution in [0.3, 0.4) is 0 Å². The fourth-order valence-electron chi connectivity index (χ4n) is 6.51. The predicted octanol–water partition coefficient (Wildman–Crippen LogP) is 5.78. The van der Waals surface area contributed by atoms with Crippen molar-refractivity contribution < 1.29 is 28.3 Å². The third-order valence-electron chi connectivity index (χ3n) is 8.99. The second kappa shape index (κ2) is 14.0. The number of esters is 2. The molecule has 1 aliphatic heterocycles. The fraction of sp³-hybridized carbons (Fsp3) is 0.594. The lowest BCUT2D eigenvalue weighted by Crippen LogP contribution is -2.48. The van der Waals surface area contributed by atoms with Gasteiger partial charge in [0.15, 0.2) is 11.7 Å². The molecular weight excluding hydrogens is 508 g/mol. The maximum absolute atomic E-state index is 13.5. The Bertz CT molecular complexity index is 1080. The first-order chi connectivity index (χ1) is 19.4. The minimum absolute atomic E-state index is 0.0979. The largest absolute Gasteiger partial charge is 0.468 e. The highest BCUT2D eigenvalue weighted by molar-refractivity contribution is 6.04. The highest BCUT2D eigenvalue weighted by atomic mass is 16.5. The van der Waals surface area contributed by atoms with Crippen molar-refractivity contribution in [3.63, 3.8) is 0 Å². The Hall–Kier alpha value is -3.13. The molecule has 0 N–H and O–H groups in total. The van der Waals surface area contributed by atoms with Gasteiger partial charge in [0.2, 0.25) is 0 Å². The standard InChI is InChI=1S/C32H44N2O6/c1-24-9-11-25(12-10-24)34(29(35)28-8-7-23-40-28)26-14-20-33(21-15-26)22-19-32(16-5-4-6-17-32)18-13-27(30(36)38-2)31(37)39-3/h7-12,23,26-27H,4-6,13-22H2,1-3H3. The summed E-state index contributed by atoms with van der Waals surface area (Å²) in [5.41, 5.74) is 2.18. The van der Waals surface area contributed by atoms with Crippen LogP contribution < -0.4 is 4.90 Å². The second-order valence-corrected chi connectivity index (χ2v) is 11.5. The molecule has 2 fully saturated rings. The third-order valence-corrected chi connectivity index (χ3v) is 8.99. The smallest absolute Gasteiger partial charge is 0.320 e. The van der Waals surface area contributed by atoms with Crippen LogP contribution in [0.25, 0.3) is 0 Å². The van der Waals surface area contributed by atoms with Gasteiger partial charge in [0.05, 0.1) is 20.5 Å². The topological polar surface area (TPSA) is 89.3 Å². The zero-order chi connectivity index (χ0) is 28.5. The van der Waals surface area contributed by atoms with Crippen LogP contribution in [0.15, 0.2) is 47.1 Å². The van der Waals surface area contributed by atoms with Crippen molar-refractivity contribution in [3.8, 4) is 0 Å². The van der Waals surface area contributed by atoms with Gasteiger partial charge in [-0.05, 0) is 88.1 Å². The molecule has 1 aromatic heterocycles. The van der Waals surface area contributed by atoms with Crippen LogP contribution >= 0.6 is 0 Å². The average Bonchev–Trinajstić information content (AvgIpc) is 3.53. The van der Waals surface area contributed by atoms with Crippen molar-refractivity contribution in [2.45, 2.75) is 77.2 Å². The van der Waals surface area contributed by atoms with Gasteiger partial charge < -0.3 is 23.7 Å². The number of furan rings is 1. The molecule has 2 aliphatic rings. The van der Waals surface area contributed by atoms with Crippen molar-refractivity contribution >= 4 is 23.5 Å². The number of likely N-dealkylation sites (tertiary alicyclic amines) is 1. The van der Waals surface area contributed by atoms with Gasteiger partial charge in [0.25, 0.3) is 5.91 Å². The van der Waals surface area contributed by atoms with E-state index in [9.17, 15) is 14.4 Å². The van der Waals surface area contributed by atoms with E-state index in [2.05, 4.69) is 4.90 Å². The van der Waals surface area contributed by atoms with Crippen molar-refractivity contribution in [3.05, 3.63) is 54.0 Å². The lowest BCUT2D eigenvalue weighted by atomic mass is 9.68.